The molecule has 0 amide bonds. The number of rotatable bonds is 3. The van der Waals surface area contributed by atoms with Gasteiger partial charge in [-0.2, -0.15) is 5.10 Å². The Morgan fingerprint density at radius 3 is 2.39 bits per heavy atom. The van der Waals surface area contributed by atoms with Crippen LogP contribution >= 0.6 is 11.6 Å². The van der Waals surface area contributed by atoms with Crippen molar-refractivity contribution in [1.29, 1.82) is 0 Å². The Bertz CT molecular complexity index is 647. The molecule has 1 aromatic carbocycles. The highest BCUT2D eigenvalue weighted by Gasteiger charge is 2.20. The molecule has 0 saturated heterocycles. The summed E-state index contributed by atoms with van der Waals surface area (Å²) in [5, 5.41) is 7.21. The maximum absolute atomic E-state index is 11.9. The second-order valence-electron chi connectivity index (χ2n) is 3.91. The number of aromatic nitrogens is 2. The number of benzene rings is 1. The van der Waals surface area contributed by atoms with Gasteiger partial charge in [-0.3, -0.25) is 5.10 Å². The zero-order valence-corrected chi connectivity index (χ0v) is 11.5. The summed E-state index contributed by atoms with van der Waals surface area (Å²) >= 11 is 5.79. The van der Waals surface area contributed by atoms with Crippen LogP contribution in [0, 0.1) is 0 Å². The number of halogens is 1. The first kappa shape index (κ1) is 13.1. The molecule has 0 atom stereocenters. The Balaban J connectivity index is 2.40. The topological polar surface area (TPSA) is 66.1 Å². The number of aromatic amines is 1. The van der Waals surface area contributed by atoms with Crippen LogP contribution in [0.4, 0.5) is 0 Å². The highest BCUT2D eigenvalue weighted by molar-refractivity contribution is 7.89. The molecule has 2 rings (SSSR count). The van der Waals surface area contributed by atoms with Crippen molar-refractivity contribution in [3.05, 3.63) is 35.4 Å². The van der Waals surface area contributed by atoms with E-state index in [1.165, 1.54) is 20.2 Å². The minimum absolute atomic E-state index is 0.0671. The maximum Gasteiger partial charge on any atom is 0.259 e. The molecule has 0 saturated carbocycles. The van der Waals surface area contributed by atoms with E-state index in [9.17, 15) is 8.42 Å². The lowest BCUT2D eigenvalue weighted by atomic mass is 10.2. The van der Waals surface area contributed by atoms with Gasteiger partial charge in [0.2, 0.25) is 0 Å². The molecule has 1 N–H and O–H groups in total. The molecule has 0 unspecified atom stereocenters. The largest absolute Gasteiger partial charge is 0.266 e. The van der Waals surface area contributed by atoms with Crippen molar-refractivity contribution >= 4 is 21.6 Å². The Morgan fingerprint density at radius 2 is 1.83 bits per heavy atom. The molecule has 1 heterocycles. The smallest absolute Gasteiger partial charge is 0.259 e. The Labute approximate surface area is 110 Å². The molecular weight excluding hydrogens is 274 g/mol. The summed E-state index contributed by atoms with van der Waals surface area (Å²) in [5.74, 6) is 0. The SMILES string of the molecule is CN(C)S(=O)(=O)c1cc(-c2ccc(Cl)cc2)n[nH]1. The molecule has 2 aromatic rings. The number of hydrogen-bond acceptors (Lipinski definition) is 3. The molecule has 0 aliphatic heterocycles. The summed E-state index contributed by atoms with van der Waals surface area (Å²) < 4.78 is 24.9. The first-order valence-corrected chi connectivity index (χ1v) is 6.97. The van der Waals surface area contributed by atoms with Crippen molar-refractivity contribution in [1.82, 2.24) is 14.5 Å². The van der Waals surface area contributed by atoms with Crippen molar-refractivity contribution in [2.75, 3.05) is 14.1 Å². The Morgan fingerprint density at radius 1 is 1.22 bits per heavy atom. The van der Waals surface area contributed by atoms with E-state index in [0.717, 1.165) is 9.87 Å². The summed E-state index contributed by atoms with van der Waals surface area (Å²) in [5.41, 5.74) is 1.36. The molecule has 18 heavy (non-hydrogen) atoms. The third-order valence-electron chi connectivity index (χ3n) is 2.45. The second kappa shape index (κ2) is 4.72. The van der Waals surface area contributed by atoms with E-state index in [1.807, 2.05) is 0 Å². The Kier molecular flexibility index (Phi) is 3.43. The molecule has 96 valence electrons. The van der Waals surface area contributed by atoms with Crippen LogP contribution in [0.1, 0.15) is 0 Å². The minimum atomic E-state index is -3.48. The van der Waals surface area contributed by atoms with Gasteiger partial charge in [-0.25, -0.2) is 12.7 Å². The van der Waals surface area contributed by atoms with E-state index in [0.29, 0.717) is 10.7 Å². The lowest BCUT2D eigenvalue weighted by Gasteiger charge is -2.07. The number of hydrogen-bond donors (Lipinski definition) is 1. The van der Waals surface area contributed by atoms with E-state index in [2.05, 4.69) is 10.2 Å². The fourth-order valence-electron chi connectivity index (χ4n) is 1.40. The molecule has 0 aliphatic carbocycles. The van der Waals surface area contributed by atoms with Crippen LogP contribution in [0.3, 0.4) is 0 Å². The summed E-state index contributed by atoms with van der Waals surface area (Å²) in [6.07, 6.45) is 0. The molecule has 0 spiro atoms. The zero-order chi connectivity index (χ0) is 13.3. The Hall–Kier alpha value is -1.37. The van der Waals surface area contributed by atoms with Crippen LogP contribution in [-0.2, 0) is 10.0 Å². The maximum atomic E-state index is 11.9. The number of nitrogens with zero attached hydrogens (tertiary/aromatic N) is 2. The van der Waals surface area contributed by atoms with Crippen molar-refractivity contribution in [2.45, 2.75) is 5.03 Å². The van der Waals surface area contributed by atoms with Gasteiger partial charge < -0.3 is 0 Å². The van der Waals surface area contributed by atoms with E-state index in [-0.39, 0.29) is 5.03 Å². The van der Waals surface area contributed by atoms with E-state index in [1.54, 1.807) is 24.3 Å². The molecular formula is C11H12ClN3O2S. The molecule has 7 heteroatoms. The third kappa shape index (κ3) is 2.40. The van der Waals surface area contributed by atoms with Crippen molar-refractivity contribution in [3.63, 3.8) is 0 Å². The average molecular weight is 286 g/mol. The molecule has 0 radical (unpaired) electrons. The number of H-pyrrole nitrogens is 1. The molecule has 1 aromatic heterocycles. The summed E-state index contributed by atoms with van der Waals surface area (Å²) in [7, 11) is -0.542. The monoisotopic (exact) mass is 285 g/mol. The van der Waals surface area contributed by atoms with Gasteiger partial charge >= 0.3 is 0 Å². The van der Waals surface area contributed by atoms with Crippen LogP contribution in [-0.4, -0.2) is 37.0 Å². The van der Waals surface area contributed by atoms with Gasteiger partial charge in [0, 0.05) is 30.7 Å². The van der Waals surface area contributed by atoms with Crippen molar-refractivity contribution in [2.24, 2.45) is 0 Å². The highest BCUT2D eigenvalue weighted by atomic mass is 35.5. The lowest BCUT2D eigenvalue weighted by Crippen LogP contribution is -2.22. The van der Waals surface area contributed by atoms with Crippen LogP contribution in [0.15, 0.2) is 35.4 Å². The zero-order valence-electron chi connectivity index (χ0n) is 9.88. The van der Waals surface area contributed by atoms with Crippen LogP contribution < -0.4 is 0 Å². The quantitative estimate of drug-likeness (QED) is 0.938. The van der Waals surface area contributed by atoms with Crippen LogP contribution in [0.25, 0.3) is 11.3 Å². The molecule has 0 aliphatic rings. The molecule has 0 fully saturated rings. The molecule has 0 bridgehead atoms. The van der Waals surface area contributed by atoms with Gasteiger partial charge in [0.1, 0.15) is 0 Å². The first-order chi connectivity index (χ1) is 8.41. The summed E-state index contributed by atoms with van der Waals surface area (Å²) in [6, 6.07) is 8.52. The average Bonchev–Trinajstić information content (AvgIpc) is 2.79. The van der Waals surface area contributed by atoms with Crippen molar-refractivity contribution < 1.29 is 8.42 Å². The van der Waals surface area contributed by atoms with E-state index < -0.39 is 10.0 Å². The van der Waals surface area contributed by atoms with Gasteiger partial charge in [0.15, 0.2) is 5.03 Å². The predicted molar refractivity (Wildman–Crippen MR) is 69.9 cm³/mol. The van der Waals surface area contributed by atoms with Crippen LogP contribution in [0.5, 0.6) is 0 Å². The van der Waals surface area contributed by atoms with Gasteiger partial charge in [0.25, 0.3) is 10.0 Å². The second-order valence-corrected chi connectivity index (χ2v) is 6.47. The fourth-order valence-corrected chi connectivity index (χ4v) is 2.34. The normalized spacial score (nSPS) is 12.0. The predicted octanol–water partition coefficient (Wildman–Crippen LogP) is 1.98. The van der Waals surface area contributed by atoms with Gasteiger partial charge in [-0.05, 0) is 12.1 Å². The van der Waals surface area contributed by atoms with Gasteiger partial charge in [0.05, 0.1) is 5.69 Å². The molecule has 5 nitrogen and oxygen atoms in total. The lowest BCUT2D eigenvalue weighted by molar-refractivity contribution is 0.516. The van der Waals surface area contributed by atoms with Crippen LogP contribution in [0.2, 0.25) is 5.02 Å². The minimum Gasteiger partial charge on any atom is -0.266 e. The van der Waals surface area contributed by atoms with Gasteiger partial charge in [-0.15, -0.1) is 0 Å². The van der Waals surface area contributed by atoms with E-state index in [4.69, 9.17) is 11.6 Å². The van der Waals surface area contributed by atoms with Gasteiger partial charge in [-0.1, -0.05) is 23.7 Å². The summed E-state index contributed by atoms with van der Waals surface area (Å²) in [6.45, 7) is 0. The number of sulfonamides is 1. The van der Waals surface area contributed by atoms with E-state index >= 15 is 0 Å². The fraction of sp³-hybridized carbons (Fsp3) is 0.182. The highest BCUT2D eigenvalue weighted by Crippen LogP contribution is 2.22. The summed E-state index contributed by atoms with van der Waals surface area (Å²) in [4.78, 5) is 0. The standard InChI is InChI=1S/C11H12ClN3O2S/c1-15(2)18(16,17)11-7-10(13-14-11)8-3-5-9(12)6-4-8/h3-7H,1-2H3,(H,13,14). The van der Waals surface area contributed by atoms with Crippen molar-refractivity contribution in [3.8, 4) is 11.3 Å². The third-order valence-corrected chi connectivity index (χ3v) is 4.43. The number of nitrogens with one attached hydrogen (secondary N) is 1. The first-order valence-electron chi connectivity index (χ1n) is 5.15.